The number of halogens is 2. The zero-order valence-electron chi connectivity index (χ0n) is 6.88. The van der Waals surface area contributed by atoms with Gasteiger partial charge >= 0.3 is 5.97 Å². The van der Waals surface area contributed by atoms with Gasteiger partial charge in [0.15, 0.2) is 0 Å². The number of carbonyl (C=O) groups is 1. The van der Waals surface area contributed by atoms with Crippen molar-refractivity contribution in [2.24, 2.45) is 0 Å². The van der Waals surface area contributed by atoms with Crippen LogP contribution in [0, 0.1) is 6.92 Å². The number of rotatable bonds is 3. The summed E-state index contributed by atoms with van der Waals surface area (Å²) in [6, 6.07) is 1.31. The monoisotopic (exact) mass is 206 g/mol. The van der Waals surface area contributed by atoms with Crippen molar-refractivity contribution in [2.75, 3.05) is 0 Å². The average Bonchev–Trinajstić information content (AvgIpc) is 2.32. The third-order valence-electron chi connectivity index (χ3n) is 1.46. The highest BCUT2D eigenvalue weighted by molar-refractivity contribution is 7.10. The van der Waals surface area contributed by atoms with E-state index in [0.29, 0.717) is 0 Å². The molecule has 0 spiro atoms. The summed E-state index contributed by atoms with van der Waals surface area (Å²) in [6.07, 6.45) is -1.15. The SMILES string of the molecule is Cc1csc(C(F)(F)CC(=O)O)c1. The van der Waals surface area contributed by atoms with E-state index in [1.165, 1.54) is 6.07 Å². The first-order valence-electron chi connectivity index (χ1n) is 3.57. The van der Waals surface area contributed by atoms with Crippen LogP contribution in [-0.2, 0) is 10.7 Å². The van der Waals surface area contributed by atoms with Crippen LogP contribution < -0.4 is 0 Å². The molecule has 1 heterocycles. The summed E-state index contributed by atoms with van der Waals surface area (Å²) in [6.45, 7) is 1.69. The predicted octanol–water partition coefficient (Wildman–Crippen LogP) is 2.62. The van der Waals surface area contributed by atoms with E-state index in [4.69, 9.17) is 5.11 Å². The highest BCUT2D eigenvalue weighted by Gasteiger charge is 2.35. The molecule has 0 amide bonds. The van der Waals surface area contributed by atoms with Gasteiger partial charge in [0.2, 0.25) is 0 Å². The minimum Gasteiger partial charge on any atom is -0.481 e. The van der Waals surface area contributed by atoms with Crippen LogP contribution in [0.4, 0.5) is 8.78 Å². The van der Waals surface area contributed by atoms with Crippen molar-refractivity contribution >= 4 is 17.3 Å². The van der Waals surface area contributed by atoms with Crippen LogP contribution in [0.25, 0.3) is 0 Å². The van der Waals surface area contributed by atoms with Crippen LogP contribution in [0.3, 0.4) is 0 Å². The van der Waals surface area contributed by atoms with Crippen molar-refractivity contribution in [2.45, 2.75) is 19.3 Å². The van der Waals surface area contributed by atoms with E-state index < -0.39 is 18.3 Å². The fourth-order valence-corrected chi connectivity index (χ4v) is 1.78. The molecule has 13 heavy (non-hydrogen) atoms. The molecule has 0 aromatic carbocycles. The summed E-state index contributed by atoms with van der Waals surface area (Å²) >= 11 is 0.885. The van der Waals surface area contributed by atoms with Gasteiger partial charge in [0, 0.05) is 0 Å². The highest BCUT2D eigenvalue weighted by Crippen LogP contribution is 2.35. The predicted molar refractivity (Wildman–Crippen MR) is 45.2 cm³/mol. The third-order valence-corrected chi connectivity index (χ3v) is 2.62. The zero-order valence-corrected chi connectivity index (χ0v) is 7.70. The van der Waals surface area contributed by atoms with Crippen LogP contribution in [0.5, 0.6) is 0 Å². The Morgan fingerprint density at radius 1 is 1.69 bits per heavy atom. The Kier molecular flexibility index (Phi) is 2.66. The first-order chi connectivity index (χ1) is 5.92. The zero-order chi connectivity index (χ0) is 10.1. The molecular weight excluding hydrogens is 198 g/mol. The summed E-state index contributed by atoms with van der Waals surface area (Å²) < 4.78 is 26.1. The molecule has 0 atom stereocenters. The normalized spacial score (nSPS) is 11.6. The Labute approximate surface area is 77.8 Å². The van der Waals surface area contributed by atoms with E-state index in [1.54, 1.807) is 12.3 Å². The second-order valence-corrected chi connectivity index (χ2v) is 3.67. The lowest BCUT2D eigenvalue weighted by atomic mass is 10.2. The van der Waals surface area contributed by atoms with E-state index in [0.717, 1.165) is 16.9 Å². The maximum absolute atomic E-state index is 13.0. The Morgan fingerprint density at radius 2 is 2.31 bits per heavy atom. The van der Waals surface area contributed by atoms with Gasteiger partial charge in [-0.1, -0.05) is 0 Å². The molecule has 1 rings (SSSR count). The Morgan fingerprint density at radius 3 is 2.69 bits per heavy atom. The number of alkyl halides is 2. The van der Waals surface area contributed by atoms with Gasteiger partial charge in [-0.2, -0.15) is 8.78 Å². The van der Waals surface area contributed by atoms with Crippen molar-refractivity contribution < 1.29 is 18.7 Å². The van der Waals surface area contributed by atoms with Crippen molar-refractivity contribution in [3.63, 3.8) is 0 Å². The number of aryl methyl sites for hydroxylation is 1. The number of thiophene rings is 1. The van der Waals surface area contributed by atoms with Crippen LogP contribution >= 0.6 is 11.3 Å². The first kappa shape index (κ1) is 10.1. The molecule has 5 heteroatoms. The van der Waals surface area contributed by atoms with Crippen molar-refractivity contribution in [3.05, 3.63) is 21.9 Å². The lowest BCUT2D eigenvalue weighted by Crippen LogP contribution is -2.16. The Hall–Kier alpha value is -0.970. The van der Waals surface area contributed by atoms with E-state index in [9.17, 15) is 13.6 Å². The fraction of sp³-hybridized carbons (Fsp3) is 0.375. The fourth-order valence-electron chi connectivity index (χ4n) is 0.900. The Bertz CT molecular complexity index is 320. The minimum absolute atomic E-state index is 0.188. The van der Waals surface area contributed by atoms with Crippen LogP contribution in [0.15, 0.2) is 11.4 Å². The molecule has 1 N–H and O–H groups in total. The van der Waals surface area contributed by atoms with Gasteiger partial charge in [0.25, 0.3) is 5.92 Å². The summed E-state index contributed by atoms with van der Waals surface area (Å²) in [5.41, 5.74) is 0.727. The van der Waals surface area contributed by atoms with Gasteiger partial charge in [0.1, 0.15) is 6.42 Å². The second-order valence-electron chi connectivity index (χ2n) is 2.76. The summed E-state index contributed by atoms with van der Waals surface area (Å²) in [7, 11) is 0. The van der Waals surface area contributed by atoms with E-state index in [2.05, 4.69) is 0 Å². The lowest BCUT2D eigenvalue weighted by molar-refractivity contribution is -0.145. The van der Waals surface area contributed by atoms with Crippen LogP contribution in [0.2, 0.25) is 0 Å². The maximum Gasteiger partial charge on any atom is 0.309 e. The molecule has 1 aromatic heterocycles. The van der Waals surface area contributed by atoms with Gasteiger partial charge in [-0.3, -0.25) is 4.79 Å². The quantitative estimate of drug-likeness (QED) is 0.825. The molecule has 2 nitrogen and oxygen atoms in total. The maximum atomic E-state index is 13.0. The van der Waals surface area contributed by atoms with E-state index in [1.807, 2.05) is 0 Å². The lowest BCUT2D eigenvalue weighted by Gasteiger charge is -2.10. The number of carboxylic acid groups (broad SMARTS) is 1. The first-order valence-corrected chi connectivity index (χ1v) is 4.45. The molecule has 72 valence electrons. The number of hydrogen-bond donors (Lipinski definition) is 1. The molecule has 0 aliphatic rings. The molecule has 1 aromatic rings. The van der Waals surface area contributed by atoms with Crippen LogP contribution in [-0.4, -0.2) is 11.1 Å². The molecule has 0 saturated carbocycles. The van der Waals surface area contributed by atoms with Crippen molar-refractivity contribution in [3.8, 4) is 0 Å². The van der Waals surface area contributed by atoms with Gasteiger partial charge in [-0.15, -0.1) is 11.3 Å². The minimum atomic E-state index is -3.25. The second kappa shape index (κ2) is 3.41. The van der Waals surface area contributed by atoms with Gasteiger partial charge < -0.3 is 5.11 Å². The Balaban J connectivity index is 2.86. The largest absolute Gasteiger partial charge is 0.481 e. The number of aliphatic carboxylic acids is 1. The van der Waals surface area contributed by atoms with E-state index >= 15 is 0 Å². The van der Waals surface area contributed by atoms with Crippen LogP contribution in [0.1, 0.15) is 16.9 Å². The molecule has 0 saturated heterocycles. The summed E-state index contributed by atoms with van der Waals surface area (Å²) in [4.78, 5) is 9.93. The molecule has 0 bridgehead atoms. The van der Waals surface area contributed by atoms with Gasteiger partial charge in [0.05, 0.1) is 4.88 Å². The standard InChI is InChI=1S/C8H8F2O2S/c1-5-2-6(13-4-5)8(9,10)3-7(11)12/h2,4H,3H2,1H3,(H,11,12). The molecule has 0 fully saturated rings. The molecular formula is C8H8F2O2S. The highest BCUT2D eigenvalue weighted by atomic mass is 32.1. The topological polar surface area (TPSA) is 37.3 Å². The van der Waals surface area contributed by atoms with Crippen molar-refractivity contribution in [1.82, 2.24) is 0 Å². The van der Waals surface area contributed by atoms with Gasteiger partial charge in [-0.25, -0.2) is 0 Å². The van der Waals surface area contributed by atoms with E-state index in [-0.39, 0.29) is 4.88 Å². The molecule has 0 unspecified atom stereocenters. The molecule has 0 aliphatic carbocycles. The van der Waals surface area contributed by atoms with Gasteiger partial charge in [-0.05, 0) is 23.9 Å². The van der Waals surface area contributed by atoms with Crippen molar-refractivity contribution in [1.29, 1.82) is 0 Å². The smallest absolute Gasteiger partial charge is 0.309 e. The number of hydrogen-bond acceptors (Lipinski definition) is 2. The summed E-state index contributed by atoms with van der Waals surface area (Å²) in [5, 5.41) is 9.82. The third kappa shape index (κ3) is 2.48. The summed E-state index contributed by atoms with van der Waals surface area (Å²) in [5.74, 6) is -4.74. The average molecular weight is 206 g/mol. The number of carboxylic acids is 1. The molecule has 0 radical (unpaired) electrons. The molecule has 0 aliphatic heterocycles.